The quantitative estimate of drug-likeness (QED) is 0.844. The molecule has 5 heteroatoms. The lowest BCUT2D eigenvalue weighted by Gasteiger charge is -2.35. The zero-order valence-electron chi connectivity index (χ0n) is 12.3. The van der Waals surface area contributed by atoms with Crippen LogP contribution in [0.15, 0.2) is 30.3 Å². The van der Waals surface area contributed by atoms with Crippen LogP contribution in [0.25, 0.3) is 0 Å². The van der Waals surface area contributed by atoms with Crippen molar-refractivity contribution in [2.75, 3.05) is 7.05 Å². The maximum absolute atomic E-state index is 12.1. The van der Waals surface area contributed by atoms with Gasteiger partial charge in [0, 0.05) is 13.1 Å². The molecule has 114 valence electrons. The number of carboxylic acid groups (broad SMARTS) is 1. The van der Waals surface area contributed by atoms with Crippen molar-refractivity contribution in [1.82, 2.24) is 10.2 Å². The average molecular weight is 290 g/mol. The fraction of sp³-hybridized carbons (Fsp3) is 0.500. The van der Waals surface area contributed by atoms with Gasteiger partial charge in [0.2, 0.25) is 0 Å². The summed E-state index contributed by atoms with van der Waals surface area (Å²) in [6, 6.07) is 8.81. The molecule has 2 amide bonds. The van der Waals surface area contributed by atoms with E-state index in [0.29, 0.717) is 12.8 Å². The molecule has 1 saturated carbocycles. The van der Waals surface area contributed by atoms with E-state index in [1.54, 1.807) is 11.9 Å². The highest BCUT2D eigenvalue weighted by Crippen LogP contribution is 2.23. The van der Waals surface area contributed by atoms with Gasteiger partial charge < -0.3 is 15.3 Å². The predicted octanol–water partition coefficient (Wildman–Crippen LogP) is 2.27. The number of nitrogens with one attached hydrogen (secondary N) is 1. The predicted molar refractivity (Wildman–Crippen MR) is 80.1 cm³/mol. The Bertz CT molecular complexity index is 486. The van der Waals surface area contributed by atoms with Gasteiger partial charge in [0.25, 0.3) is 0 Å². The number of hydrogen-bond acceptors (Lipinski definition) is 2. The molecule has 0 spiro atoms. The smallest absolute Gasteiger partial charge is 0.326 e. The van der Waals surface area contributed by atoms with E-state index in [4.69, 9.17) is 0 Å². The van der Waals surface area contributed by atoms with Crippen LogP contribution in [-0.2, 0) is 11.2 Å². The van der Waals surface area contributed by atoms with E-state index in [9.17, 15) is 14.7 Å². The van der Waals surface area contributed by atoms with Crippen molar-refractivity contribution in [3.63, 3.8) is 0 Å². The van der Waals surface area contributed by atoms with Crippen LogP contribution < -0.4 is 5.32 Å². The average Bonchev–Trinajstić information content (AvgIpc) is 2.42. The van der Waals surface area contributed by atoms with Gasteiger partial charge in [-0.05, 0) is 37.7 Å². The number of aliphatic carboxylic acids is 1. The molecule has 0 radical (unpaired) electrons. The van der Waals surface area contributed by atoms with Gasteiger partial charge in [-0.25, -0.2) is 9.59 Å². The van der Waals surface area contributed by atoms with Gasteiger partial charge in [-0.2, -0.15) is 0 Å². The van der Waals surface area contributed by atoms with Crippen molar-refractivity contribution in [1.29, 1.82) is 0 Å². The first kappa shape index (κ1) is 15.4. The Balaban J connectivity index is 1.86. The fourth-order valence-electron chi connectivity index (χ4n) is 2.40. The monoisotopic (exact) mass is 290 g/mol. The Hall–Kier alpha value is -2.04. The van der Waals surface area contributed by atoms with Crippen LogP contribution in [0.2, 0.25) is 0 Å². The highest BCUT2D eigenvalue weighted by molar-refractivity contribution is 5.82. The lowest BCUT2D eigenvalue weighted by Crippen LogP contribution is -2.51. The van der Waals surface area contributed by atoms with Gasteiger partial charge in [0.15, 0.2) is 0 Å². The van der Waals surface area contributed by atoms with Crippen LogP contribution >= 0.6 is 0 Å². The maximum Gasteiger partial charge on any atom is 0.326 e. The molecule has 1 unspecified atom stereocenters. The molecular formula is C16H22N2O3. The molecule has 2 N–H and O–H groups in total. The second kappa shape index (κ2) is 7.11. The fourth-order valence-corrected chi connectivity index (χ4v) is 2.40. The molecule has 1 aromatic rings. The van der Waals surface area contributed by atoms with Crippen molar-refractivity contribution in [2.45, 2.75) is 44.2 Å². The molecule has 1 atom stereocenters. The summed E-state index contributed by atoms with van der Waals surface area (Å²) >= 11 is 0. The number of hydrogen-bond donors (Lipinski definition) is 2. The number of benzene rings is 1. The maximum atomic E-state index is 12.1. The lowest BCUT2D eigenvalue weighted by molar-refractivity contribution is -0.139. The van der Waals surface area contributed by atoms with Crippen molar-refractivity contribution in [2.24, 2.45) is 0 Å². The van der Waals surface area contributed by atoms with Crippen molar-refractivity contribution < 1.29 is 14.7 Å². The van der Waals surface area contributed by atoms with E-state index in [2.05, 4.69) is 5.32 Å². The molecule has 1 aromatic carbocycles. The topological polar surface area (TPSA) is 69.6 Å². The van der Waals surface area contributed by atoms with Crippen LogP contribution in [0.1, 0.15) is 31.2 Å². The van der Waals surface area contributed by atoms with Crippen LogP contribution in [0.5, 0.6) is 0 Å². The molecule has 1 fully saturated rings. The van der Waals surface area contributed by atoms with Gasteiger partial charge in [0.1, 0.15) is 6.04 Å². The summed E-state index contributed by atoms with van der Waals surface area (Å²) in [7, 11) is 1.73. The van der Waals surface area contributed by atoms with E-state index in [0.717, 1.165) is 24.8 Å². The van der Waals surface area contributed by atoms with E-state index < -0.39 is 12.0 Å². The molecule has 0 aliphatic heterocycles. The first-order valence-corrected chi connectivity index (χ1v) is 7.38. The summed E-state index contributed by atoms with van der Waals surface area (Å²) in [4.78, 5) is 25.0. The standard InChI is InChI=1S/C16H22N2O3/c1-18(13-8-5-9-13)16(21)17-14(15(19)20)11-10-12-6-3-2-4-7-12/h2-4,6-7,13-14H,5,8-11H2,1H3,(H,17,21)(H,19,20). The Kier molecular flexibility index (Phi) is 5.20. The van der Waals surface area contributed by atoms with Gasteiger partial charge >= 0.3 is 12.0 Å². The molecule has 0 saturated heterocycles. The van der Waals surface area contributed by atoms with E-state index in [1.165, 1.54) is 0 Å². The van der Waals surface area contributed by atoms with Crippen LogP contribution in [0.3, 0.4) is 0 Å². The third-order valence-electron chi connectivity index (χ3n) is 4.10. The second-order valence-electron chi connectivity index (χ2n) is 5.56. The van der Waals surface area contributed by atoms with E-state index >= 15 is 0 Å². The molecule has 1 aliphatic carbocycles. The second-order valence-corrected chi connectivity index (χ2v) is 5.56. The number of carboxylic acids is 1. The summed E-state index contributed by atoms with van der Waals surface area (Å²) in [5, 5.41) is 11.9. The number of nitrogens with zero attached hydrogens (tertiary/aromatic N) is 1. The van der Waals surface area contributed by atoms with Crippen molar-refractivity contribution in [3.05, 3.63) is 35.9 Å². The number of amides is 2. The molecule has 1 aliphatic rings. The first-order chi connectivity index (χ1) is 10.1. The highest BCUT2D eigenvalue weighted by atomic mass is 16.4. The van der Waals surface area contributed by atoms with Gasteiger partial charge in [-0.1, -0.05) is 30.3 Å². The van der Waals surface area contributed by atoms with Gasteiger partial charge in [-0.15, -0.1) is 0 Å². The normalized spacial score (nSPS) is 15.9. The molecule has 2 rings (SSSR count). The number of carbonyl (C=O) groups excluding carboxylic acids is 1. The minimum atomic E-state index is -0.985. The third-order valence-corrected chi connectivity index (χ3v) is 4.10. The van der Waals surface area contributed by atoms with Gasteiger partial charge in [-0.3, -0.25) is 0 Å². The molecule has 5 nitrogen and oxygen atoms in total. The molecule has 0 heterocycles. The number of carbonyl (C=O) groups is 2. The number of rotatable bonds is 6. The minimum Gasteiger partial charge on any atom is -0.480 e. The van der Waals surface area contributed by atoms with E-state index in [1.807, 2.05) is 30.3 Å². The van der Waals surface area contributed by atoms with Crippen LogP contribution in [0, 0.1) is 0 Å². The molecule has 0 bridgehead atoms. The summed E-state index contributed by atoms with van der Waals surface area (Å²) < 4.78 is 0. The SMILES string of the molecule is CN(C(=O)NC(CCc1ccccc1)C(=O)O)C1CCC1. The molecular weight excluding hydrogens is 268 g/mol. The minimum absolute atomic E-state index is 0.258. The van der Waals surface area contributed by atoms with Crippen molar-refractivity contribution >= 4 is 12.0 Å². The Morgan fingerprint density at radius 3 is 2.52 bits per heavy atom. The van der Waals surface area contributed by atoms with Gasteiger partial charge in [0.05, 0.1) is 0 Å². The Labute approximate surface area is 125 Å². The largest absolute Gasteiger partial charge is 0.480 e. The molecule has 21 heavy (non-hydrogen) atoms. The first-order valence-electron chi connectivity index (χ1n) is 7.38. The highest BCUT2D eigenvalue weighted by Gasteiger charge is 2.28. The summed E-state index contributed by atoms with van der Waals surface area (Å²) in [6.07, 6.45) is 4.17. The number of aryl methyl sites for hydroxylation is 1. The lowest BCUT2D eigenvalue weighted by atomic mass is 9.92. The summed E-state index contributed by atoms with van der Waals surface area (Å²) in [6.45, 7) is 0. The van der Waals surface area contributed by atoms with Crippen LogP contribution in [-0.4, -0.2) is 41.1 Å². The number of urea groups is 1. The zero-order chi connectivity index (χ0) is 15.2. The Morgan fingerprint density at radius 1 is 1.33 bits per heavy atom. The summed E-state index contributed by atoms with van der Waals surface area (Å²) in [5.41, 5.74) is 1.07. The molecule has 0 aromatic heterocycles. The van der Waals surface area contributed by atoms with Crippen molar-refractivity contribution in [3.8, 4) is 0 Å². The summed E-state index contributed by atoms with van der Waals surface area (Å²) in [5.74, 6) is -0.985. The third kappa shape index (κ3) is 4.21. The van der Waals surface area contributed by atoms with E-state index in [-0.39, 0.29) is 12.1 Å². The Morgan fingerprint density at radius 2 is 2.00 bits per heavy atom. The zero-order valence-corrected chi connectivity index (χ0v) is 12.3. The van der Waals surface area contributed by atoms with Crippen LogP contribution in [0.4, 0.5) is 4.79 Å².